The third-order valence-electron chi connectivity index (χ3n) is 5.18. The fourth-order valence-corrected chi connectivity index (χ4v) is 3.53. The largest absolute Gasteiger partial charge is 0.493 e. The van der Waals surface area contributed by atoms with Gasteiger partial charge >= 0.3 is 6.18 Å². The summed E-state index contributed by atoms with van der Waals surface area (Å²) in [7, 11) is 4.40. The van der Waals surface area contributed by atoms with Crippen LogP contribution in [0.3, 0.4) is 0 Å². The number of nitrogens with one attached hydrogen (secondary N) is 1. The van der Waals surface area contributed by atoms with E-state index >= 15 is 0 Å². The van der Waals surface area contributed by atoms with Crippen molar-refractivity contribution >= 4 is 11.7 Å². The highest BCUT2D eigenvalue weighted by Gasteiger charge is 2.47. The van der Waals surface area contributed by atoms with Crippen molar-refractivity contribution in [1.82, 2.24) is 14.7 Å². The van der Waals surface area contributed by atoms with Crippen LogP contribution in [0, 0.1) is 11.3 Å². The maximum absolute atomic E-state index is 13.8. The molecular formula is C20H22F3N5O3. The van der Waals surface area contributed by atoms with Gasteiger partial charge in [-0.2, -0.15) is 23.5 Å². The number of aromatic nitrogens is 2. The monoisotopic (exact) mass is 437 g/mol. The fraction of sp³-hybridized carbons (Fsp3) is 0.450. The molecule has 0 unspecified atom stereocenters. The van der Waals surface area contributed by atoms with Gasteiger partial charge < -0.3 is 19.7 Å². The molecule has 1 aromatic carbocycles. The van der Waals surface area contributed by atoms with Crippen LogP contribution < -0.4 is 14.8 Å². The van der Waals surface area contributed by atoms with Crippen molar-refractivity contribution in [2.45, 2.75) is 31.1 Å². The van der Waals surface area contributed by atoms with E-state index in [4.69, 9.17) is 14.7 Å². The molecule has 1 aromatic heterocycles. The van der Waals surface area contributed by atoms with E-state index in [1.165, 1.54) is 26.2 Å². The molecule has 1 amide bonds. The molecule has 2 aromatic rings. The normalized spacial score (nSPS) is 17.8. The Morgan fingerprint density at radius 2 is 2.06 bits per heavy atom. The summed E-state index contributed by atoms with van der Waals surface area (Å²) < 4.78 is 52.8. The fourth-order valence-electron chi connectivity index (χ4n) is 3.53. The van der Waals surface area contributed by atoms with Gasteiger partial charge in [0.1, 0.15) is 11.4 Å². The minimum Gasteiger partial charge on any atom is -0.493 e. The van der Waals surface area contributed by atoms with Crippen LogP contribution in [0.5, 0.6) is 11.5 Å². The minimum atomic E-state index is -4.56. The average Bonchev–Trinajstić information content (AvgIpc) is 3.18. The van der Waals surface area contributed by atoms with Crippen LogP contribution in [0.4, 0.5) is 19.0 Å². The number of ether oxygens (including phenoxy) is 2. The SMILES string of the molecule is COc1ccc([C@H]2C[C@H](C(F)(F)F)n3ncc(C(=O)N(C)CCC#N)c3N2)cc1OC. The number of methoxy groups -OCH3 is 2. The lowest BCUT2D eigenvalue weighted by Gasteiger charge is -2.34. The van der Waals surface area contributed by atoms with Gasteiger partial charge in [-0.25, -0.2) is 4.68 Å². The molecule has 1 aliphatic heterocycles. The lowest BCUT2D eigenvalue weighted by atomic mass is 9.96. The minimum absolute atomic E-state index is 0.0119. The van der Waals surface area contributed by atoms with Gasteiger partial charge in [-0.15, -0.1) is 0 Å². The van der Waals surface area contributed by atoms with Crippen molar-refractivity contribution in [3.8, 4) is 17.6 Å². The summed E-state index contributed by atoms with van der Waals surface area (Å²) in [6.45, 7) is 0.155. The summed E-state index contributed by atoms with van der Waals surface area (Å²) in [4.78, 5) is 14.1. The maximum atomic E-state index is 13.8. The number of amides is 1. The van der Waals surface area contributed by atoms with Crippen LogP contribution in [0.2, 0.25) is 0 Å². The molecule has 8 nitrogen and oxygen atoms in total. The molecule has 0 saturated heterocycles. The first-order valence-electron chi connectivity index (χ1n) is 9.46. The van der Waals surface area contributed by atoms with Gasteiger partial charge in [0.2, 0.25) is 0 Å². The second-order valence-corrected chi connectivity index (χ2v) is 7.09. The smallest absolute Gasteiger partial charge is 0.410 e. The molecule has 1 aliphatic rings. The Kier molecular flexibility index (Phi) is 6.29. The van der Waals surface area contributed by atoms with Gasteiger partial charge in [0.05, 0.1) is 38.9 Å². The van der Waals surface area contributed by atoms with E-state index in [2.05, 4.69) is 10.4 Å². The van der Waals surface area contributed by atoms with Crippen LogP contribution in [0.25, 0.3) is 0 Å². The molecule has 166 valence electrons. The summed E-state index contributed by atoms with van der Waals surface area (Å²) in [5, 5.41) is 15.6. The van der Waals surface area contributed by atoms with Crippen molar-refractivity contribution in [3.63, 3.8) is 0 Å². The predicted octanol–water partition coefficient (Wildman–Crippen LogP) is 3.55. The highest BCUT2D eigenvalue weighted by molar-refractivity contribution is 5.98. The van der Waals surface area contributed by atoms with E-state index in [0.29, 0.717) is 17.1 Å². The van der Waals surface area contributed by atoms with Crippen molar-refractivity contribution in [2.24, 2.45) is 0 Å². The first-order chi connectivity index (χ1) is 14.7. The number of nitriles is 1. The zero-order chi connectivity index (χ0) is 22.8. The number of hydrogen-bond acceptors (Lipinski definition) is 6. The molecule has 0 radical (unpaired) electrons. The number of fused-ring (bicyclic) bond motifs is 1. The van der Waals surface area contributed by atoms with Crippen molar-refractivity contribution in [3.05, 3.63) is 35.5 Å². The van der Waals surface area contributed by atoms with Gasteiger partial charge in [-0.05, 0) is 17.7 Å². The second-order valence-electron chi connectivity index (χ2n) is 7.09. The van der Waals surface area contributed by atoms with Crippen molar-refractivity contribution < 1.29 is 27.4 Å². The number of nitrogens with zero attached hydrogens (tertiary/aromatic N) is 4. The van der Waals surface area contributed by atoms with E-state index in [1.807, 2.05) is 6.07 Å². The molecule has 0 fully saturated rings. The first-order valence-corrected chi connectivity index (χ1v) is 9.46. The lowest BCUT2D eigenvalue weighted by molar-refractivity contribution is -0.173. The van der Waals surface area contributed by atoms with Crippen molar-refractivity contribution in [1.29, 1.82) is 5.26 Å². The van der Waals surface area contributed by atoms with Gasteiger partial charge in [0.25, 0.3) is 5.91 Å². The molecule has 0 aliphatic carbocycles. The Morgan fingerprint density at radius 1 is 1.35 bits per heavy atom. The standard InChI is InChI=1S/C20H22F3N5O3/c1-27(8-4-7-24)19(29)13-11-25-28-17(20(21,22)23)10-14(26-18(13)28)12-5-6-15(30-2)16(9-12)31-3/h5-6,9,11,14,17,26H,4,8,10H2,1-3H3/t14-,17-/m1/s1. The quantitative estimate of drug-likeness (QED) is 0.743. The molecule has 2 atom stereocenters. The Labute approximate surface area is 177 Å². The van der Waals surface area contributed by atoms with E-state index in [0.717, 1.165) is 10.9 Å². The highest BCUT2D eigenvalue weighted by atomic mass is 19.4. The van der Waals surface area contributed by atoms with Crippen LogP contribution in [-0.2, 0) is 0 Å². The molecule has 0 saturated carbocycles. The van der Waals surface area contributed by atoms with Crippen LogP contribution in [0.1, 0.15) is 40.8 Å². The number of anilines is 1. The third kappa shape index (κ3) is 4.38. The Morgan fingerprint density at radius 3 is 2.68 bits per heavy atom. The Bertz CT molecular complexity index is 999. The third-order valence-corrected chi connectivity index (χ3v) is 5.18. The topological polar surface area (TPSA) is 92.4 Å². The molecular weight excluding hydrogens is 415 g/mol. The van der Waals surface area contributed by atoms with Crippen molar-refractivity contribution in [2.75, 3.05) is 33.1 Å². The van der Waals surface area contributed by atoms with E-state index < -0.39 is 24.2 Å². The zero-order valence-electron chi connectivity index (χ0n) is 17.2. The summed E-state index contributed by atoms with van der Waals surface area (Å²) in [5.74, 6) is 0.312. The van der Waals surface area contributed by atoms with E-state index in [-0.39, 0.29) is 30.8 Å². The molecule has 31 heavy (non-hydrogen) atoms. The summed E-state index contributed by atoms with van der Waals surface area (Å²) in [6.07, 6.45) is -3.64. The van der Waals surface area contributed by atoms with Crippen LogP contribution in [0.15, 0.2) is 24.4 Å². The van der Waals surface area contributed by atoms with Gasteiger partial charge in [0.15, 0.2) is 17.5 Å². The van der Waals surface area contributed by atoms with E-state index in [1.54, 1.807) is 18.2 Å². The average molecular weight is 437 g/mol. The van der Waals surface area contributed by atoms with Gasteiger partial charge in [0, 0.05) is 20.0 Å². The zero-order valence-corrected chi connectivity index (χ0v) is 17.2. The Hall–Kier alpha value is -3.42. The number of benzene rings is 1. The Balaban J connectivity index is 2.01. The first kappa shape index (κ1) is 22.3. The summed E-state index contributed by atoms with van der Waals surface area (Å²) in [6, 6.07) is 4.16. The van der Waals surface area contributed by atoms with Crippen LogP contribution in [-0.4, -0.2) is 54.6 Å². The number of carbonyl (C=O) groups is 1. The van der Waals surface area contributed by atoms with E-state index in [9.17, 15) is 18.0 Å². The number of hydrogen-bond donors (Lipinski definition) is 1. The summed E-state index contributed by atoms with van der Waals surface area (Å²) in [5.41, 5.74) is 0.565. The molecule has 1 N–H and O–H groups in total. The molecule has 2 heterocycles. The van der Waals surface area contributed by atoms with Gasteiger partial charge in [-0.3, -0.25) is 4.79 Å². The maximum Gasteiger partial charge on any atom is 0.410 e. The second kappa shape index (κ2) is 8.75. The highest BCUT2D eigenvalue weighted by Crippen LogP contribution is 2.45. The lowest BCUT2D eigenvalue weighted by Crippen LogP contribution is -2.36. The molecule has 3 rings (SSSR count). The number of alkyl halides is 3. The molecule has 11 heteroatoms. The van der Waals surface area contributed by atoms with Crippen LogP contribution >= 0.6 is 0 Å². The summed E-state index contributed by atoms with van der Waals surface area (Å²) >= 11 is 0. The number of rotatable bonds is 6. The number of halogens is 3. The molecule has 0 spiro atoms. The number of carbonyl (C=O) groups excluding carboxylic acids is 1. The van der Waals surface area contributed by atoms with Gasteiger partial charge in [-0.1, -0.05) is 6.07 Å². The predicted molar refractivity (Wildman–Crippen MR) is 105 cm³/mol. The molecule has 0 bridgehead atoms.